The summed E-state index contributed by atoms with van der Waals surface area (Å²) < 4.78 is 45.3. The molecular formula is C18H22N2O6S. The first kappa shape index (κ1) is 19.3. The molecule has 9 heteroatoms. The standard InChI is InChI=1S/C18H22N2O6S/c1-23-17-10-12(27(20,21)22)6-7-15(17)24-9-8-13(19)18-11-25-14-4-2-3-5-16(14)26-18/h2-7,10,13,18H,8-9,11,19H2,1H3,(H2,20,21,22). The second-order valence-corrected chi connectivity index (χ2v) is 7.63. The molecule has 2 unspecified atom stereocenters. The lowest BCUT2D eigenvalue weighted by Gasteiger charge is -2.30. The van der Waals surface area contributed by atoms with Crippen molar-refractivity contribution in [2.24, 2.45) is 10.9 Å². The van der Waals surface area contributed by atoms with Gasteiger partial charge in [-0.05, 0) is 24.3 Å². The quantitative estimate of drug-likeness (QED) is 0.725. The Balaban J connectivity index is 1.57. The van der Waals surface area contributed by atoms with E-state index in [9.17, 15) is 8.42 Å². The van der Waals surface area contributed by atoms with Gasteiger partial charge in [-0.1, -0.05) is 12.1 Å². The molecule has 0 aliphatic carbocycles. The van der Waals surface area contributed by atoms with E-state index in [0.717, 1.165) is 0 Å². The molecule has 1 aliphatic heterocycles. The van der Waals surface area contributed by atoms with Crippen molar-refractivity contribution in [1.82, 2.24) is 0 Å². The fourth-order valence-electron chi connectivity index (χ4n) is 2.68. The molecule has 0 amide bonds. The summed E-state index contributed by atoms with van der Waals surface area (Å²) in [5, 5.41) is 5.12. The number of hydrogen-bond donors (Lipinski definition) is 2. The lowest BCUT2D eigenvalue weighted by Crippen LogP contribution is -2.45. The summed E-state index contributed by atoms with van der Waals surface area (Å²) >= 11 is 0. The van der Waals surface area contributed by atoms with Crippen LogP contribution in [-0.2, 0) is 10.0 Å². The smallest absolute Gasteiger partial charge is 0.238 e. The fraction of sp³-hybridized carbons (Fsp3) is 0.333. The number of hydrogen-bond acceptors (Lipinski definition) is 7. The number of para-hydroxylation sites is 2. The Morgan fingerprint density at radius 1 is 1.19 bits per heavy atom. The highest BCUT2D eigenvalue weighted by molar-refractivity contribution is 7.89. The van der Waals surface area contributed by atoms with Crippen molar-refractivity contribution in [3.63, 3.8) is 0 Å². The molecule has 0 saturated heterocycles. The van der Waals surface area contributed by atoms with Crippen LogP contribution < -0.4 is 29.8 Å². The molecule has 2 aromatic carbocycles. The Bertz CT molecular complexity index is 902. The number of methoxy groups -OCH3 is 1. The summed E-state index contributed by atoms with van der Waals surface area (Å²) in [6.07, 6.45) is 0.228. The van der Waals surface area contributed by atoms with Gasteiger partial charge in [-0.3, -0.25) is 0 Å². The molecule has 1 heterocycles. The monoisotopic (exact) mass is 394 g/mol. The van der Waals surface area contributed by atoms with Crippen molar-refractivity contribution >= 4 is 10.0 Å². The molecule has 27 heavy (non-hydrogen) atoms. The maximum absolute atomic E-state index is 11.4. The van der Waals surface area contributed by atoms with E-state index in [2.05, 4.69) is 0 Å². The average molecular weight is 394 g/mol. The molecule has 1 aliphatic rings. The molecule has 3 rings (SSSR count). The summed E-state index contributed by atoms with van der Waals surface area (Å²) in [4.78, 5) is -0.0465. The van der Waals surface area contributed by atoms with Gasteiger partial charge in [0, 0.05) is 18.5 Å². The molecule has 0 radical (unpaired) electrons. The summed E-state index contributed by atoms with van der Waals surface area (Å²) in [5.74, 6) is 2.06. The van der Waals surface area contributed by atoms with Gasteiger partial charge >= 0.3 is 0 Å². The van der Waals surface area contributed by atoms with Crippen molar-refractivity contribution < 1.29 is 27.4 Å². The molecular weight excluding hydrogens is 372 g/mol. The van der Waals surface area contributed by atoms with Crippen molar-refractivity contribution in [2.75, 3.05) is 20.3 Å². The second kappa shape index (κ2) is 8.03. The molecule has 0 bridgehead atoms. The Labute approximate surface area is 158 Å². The highest BCUT2D eigenvalue weighted by Gasteiger charge is 2.26. The first-order valence-electron chi connectivity index (χ1n) is 8.36. The van der Waals surface area contributed by atoms with Crippen LogP contribution in [0.15, 0.2) is 47.4 Å². The number of sulfonamides is 1. The fourth-order valence-corrected chi connectivity index (χ4v) is 3.21. The first-order valence-corrected chi connectivity index (χ1v) is 9.91. The molecule has 0 fully saturated rings. The van der Waals surface area contributed by atoms with Crippen LogP contribution in [0.4, 0.5) is 0 Å². The van der Waals surface area contributed by atoms with E-state index in [0.29, 0.717) is 36.9 Å². The summed E-state index contributed by atoms with van der Waals surface area (Å²) in [7, 11) is -2.39. The molecule has 8 nitrogen and oxygen atoms in total. The van der Waals surface area contributed by atoms with Crippen molar-refractivity contribution in [3.8, 4) is 23.0 Å². The Morgan fingerprint density at radius 2 is 1.93 bits per heavy atom. The van der Waals surface area contributed by atoms with Gasteiger partial charge in [0.15, 0.2) is 23.0 Å². The van der Waals surface area contributed by atoms with E-state index in [4.69, 9.17) is 29.8 Å². The van der Waals surface area contributed by atoms with E-state index < -0.39 is 10.0 Å². The highest BCUT2D eigenvalue weighted by atomic mass is 32.2. The molecule has 2 atom stereocenters. The molecule has 4 N–H and O–H groups in total. The molecule has 0 saturated carbocycles. The summed E-state index contributed by atoms with van der Waals surface area (Å²) in [6, 6.07) is 11.3. The third-order valence-electron chi connectivity index (χ3n) is 4.18. The van der Waals surface area contributed by atoms with Gasteiger partial charge in [-0.15, -0.1) is 0 Å². The third kappa shape index (κ3) is 4.62. The largest absolute Gasteiger partial charge is 0.493 e. The normalized spacial score (nSPS) is 17.2. The molecule has 2 aromatic rings. The lowest BCUT2D eigenvalue weighted by atomic mass is 10.1. The Morgan fingerprint density at radius 3 is 2.63 bits per heavy atom. The first-order chi connectivity index (χ1) is 12.9. The van der Waals surface area contributed by atoms with Gasteiger partial charge in [-0.25, -0.2) is 13.6 Å². The second-order valence-electron chi connectivity index (χ2n) is 6.07. The lowest BCUT2D eigenvalue weighted by molar-refractivity contribution is 0.0660. The minimum absolute atomic E-state index is 0.0465. The van der Waals surface area contributed by atoms with Crippen LogP contribution in [0, 0.1) is 0 Å². The topological polar surface area (TPSA) is 123 Å². The number of fused-ring (bicyclic) bond motifs is 1. The van der Waals surface area contributed by atoms with Gasteiger partial charge in [0.1, 0.15) is 12.7 Å². The van der Waals surface area contributed by atoms with Crippen LogP contribution in [0.5, 0.6) is 23.0 Å². The zero-order valence-electron chi connectivity index (χ0n) is 14.8. The van der Waals surface area contributed by atoms with Gasteiger partial charge < -0.3 is 24.7 Å². The maximum Gasteiger partial charge on any atom is 0.238 e. The van der Waals surface area contributed by atoms with Crippen molar-refractivity contribution in [3.05, 3.63) is 42.5 Å². The SMILES string of the molecule is COc1cc(S(N)(=O)=O)ccc1OCCC(N)C1COc2ccccc2O1. The maximum atomic E-state index is 11.4. The molecule has 0 aromatic heterocycles. The molecule has 0 spiro atoms. The van der Waals surface area contributed by atoms with E-state index in [1.54, 1.807) is 0 Å². The van der Waals surface area contributed by atoms with E-state index in [1.807, 2.05) is 24.3 Å². The van der Waals surface area contributed by atoms with Gasteiger partial charge in [-0.2, -0.15) is 0 Å². The number of benzene rings is 2. The van der Waals surface area contributed by atoms with Crippen LogP contribution in [0.3, 0.4) is 0 Å². The zero-order chi connectivity index (χ0) is 19.4. The van der Waals surface area contributed by atoms with Gasteiger partial charge in [0.05, 0.1) is 18.6 Å². The number of ether oxygens (including phenoxy) is 4. The minimum atomic E-state index is -3.81. The van der Waals surface area contributed by atoms with E-state index >= 15 is 0 Å². The Hall–Kier alpha value is -2.49. The minimum Gasteiger partial charge on any atom is -0.493 e. The average Bonchev–Trinajstić information content (AvgIpc) is 2.66. The zero-order valence-corrected chi connectivity index (χ0v) is 15.6. The van der Waals surface area contributed by atoms with Gasteiger partial charge in [0.25, 0.3) is 0 Å². The third-order valence-corrected chi connectivity index (χ3v) is 5.09. The van der Waals surface area contributed by atoms with E-state index in [1.165, 1.54) is 25.3 Å². The van der Waals surface area contributed by atoms with Gasteiger partial charge in [0.2, 0.25) is 10.0 Å². The van der Waals surface area contributed by atoms with Crippen LogP contribution in [-0.4, -0.2) is 40.9 Å². The summed E-state index contributed by atoms with van der Waals surface area (Å²) in [5.41, 5.74) is 6.21. The Kier molecular flexibility index (Phi) is 5.73. The number of rotatable bonds is 7. The predicted octanol–water partition coefficient (Wildman–Crippen LogP) is 1.28. The predicted molar refractivity (Wildman–Crippen MR) is 98.8 cm³/mol. The van der Waals surface area contributed by atoms with Crippen molar-refractivity contribution in [2.45, 2.75) is 23.5 Å². The van der Waals surface area contributed by atoms with Crippen LogP contribution in [0.25, 0.3) is 0 Å². The van der Waals surface area contributed by atoms with Crippen LogP contribution >= 0.6 is 0 Å². The summed E-state index contributed by atoms with van der Waals surface area (Å²) in [6.45, 7) is 0.665. The highest BCUT2D eigenvalue weighted by Crippen LogP contribution is 2.32. The molecule has 146 valence electrons. The van der Waals surface area contributed by atoms with Crippen LogP contribution in [0.2, 0.25) is 0 Å². The number of nitrogens with two attached hydrogens (primary N) is 2. The van der Waals surface area contributed by atoms with Crippen LogP contribution in [0.1, 0.15) is 6.42 Å². The van der Waals surface area contributed by atoms with Crippen molar-refractivity contribution in [1.29, 1.82) is 0 Å². The van der Waals surface area contributed by atoms with E-state index in [-0.39, 0.29) is 22.8 Å². The number of primary sulfonamides is 1.